The van der Waals surface area contributed by atoms with Crippen LogP contribution < -0.4 is 20.1 Å². The van der Waals surface area contributed by atoms with Crippen LogP contribution in [0.4, 0.5) is 5.69 Å². The Kier molecular flexibility index (Phi) is 10.1. The molecule has 0 radical (unpaired) electrons. The summed E-state index contributed by atoms with van der Waals surface area (Å²) in [7, 11) is 3.04. The number of benzene rings is 5. The molecule has 0 saturated heterocycles. The summed E-state index contributed by atoms with van der Waals surface area (Å²) in [6.07, 6.45) is 2.15. The second kappa shape index (κ2) is 15.0. The number of hydrogen-bond acceptors (Lipinski definition) is 6. The number of thioether (sulfide) groups is 1. The number of carbonyl (C=O) groups is 3. The van der Waals surface area contributed by atoms with Gasteiger partial charge < -0.3 is 20.1 Å². The standard InChI is InChI=1S/C40H35N3O5S/c1-4-36(40(46)43-33-21-10-8-19-30(33)31-20-9-11-22-34(31)43)49-29-18-13-17-28(25-29)41-39(45)32(42-38(44)26-14-6-5-7-15-26)24-27-16-12-23-35(47-2)37(27)48-3/h5-25,36H,4H2,1-3H3,(H,41,45)(H,42,44)/b32-24+. The van der Waals surface area contributed by atoms with Gasteiger partial charge in [0.05, 0.1) is 30.5 Å². The van der Waals surface area contributed by atoms with E-state index in [2.05, 4.69) is 10.6 Å². The fourth-order valence-corrected chi connectivity index (χ4v) is 6.80. The highest BCUT2D eigenvalue weighted by Gasteiger charge is 2.24. The van der Waals surface area contributed by atoms with E-state index in [4.69, 9.17) is 9.47 Å². The van der Waals surface area contributed by atoms with E-state index in [1.807, 2.05) is 84.3 Å². The average Bonchev–Trinajstić information content (AvgIpc) is 3.48. The molecule has 1 unspecified atom stereocenters. The van der Waals surface area contributed by atoms with Crippen molar-refractivity contribution in [2.75, 3.05) is 19.5 Å². The molecule has 0 aliphatic carbocycles. The summed E-state index contributed by atoms with van der Waals surface area (Å²) < 4.78 is 12.8. The number of hydrogen-bond donors (Lipinski definition) is 2. The number of nitrogens with one attached hydrogen (secondary N) is 2. The zero-order valence-corrected chi connectivity index (χ0v) is 28.1. The zero-order chi connectivity index (χ0) is 34.3. The molecule has 5 aromatic carbocycles. The lowest BCUT2D eigenvalue weighted by Crippen LogP contribution is -2.30. The topological polar surface area (TPSA) is 98.7 Å². The van der Waals surface area contributed by atoms with Gasteiger partial charge in [0.25, 0.3) is 11.8 Å². The fraction of sp³-hybridized carbons (Fsp3) is 0.125. The Morgan fingerprint density at radius 2 is 1.43 bits per heavy atom. The molecule has 6 aromatic rings. The summed E-state index contributed by atoms with van der Waals surface area (Å²) in [5.41, 5.74) is 3.20. The summed E-state index contributed by atoms with van der Waals surface area (Å²) in [6.45, 7) is 1.99. The van der Waals surface area contributed by atoms with Crippen LogP contribution in [0.15, 0.2) is 132 Å². The van der Waals surface area contributed by atoms with Crippen LogP contribution >= 0.6 is 11.8 Å². The first-order valence-electron chi connectivity index (χ1n) is 15.8. The van der Waals surface area contributed by atoms with Crippen LogP contribution in [-0.4, -0.2) is 41.8 Å². The minimum atomic E-state index is -0.537. The molecule has 0 saturated carbocycles. The number of amides is 2. The zero-order valence-electron chi connectivity index (χ0n) is 27.3. The predicted octanol–water partition coefficient (Wildman–Crippen LogP) is 8.43. The van der Waals surface area contributed by atoms with Gasteiger partial charge in [0.2, 0.25) is 5.91 Å². The van der Waals surface area contributed by atoms with Crippen molar-refractivity contribution < 1.29 is 23.9 Å². The van der Waals surface area contributed by atoms with Crippen molar-refractivity contribution in [2.24, 2.45) is 0 Å². The number of rotatable bonds is 11. The third-order valence-electron chi connectivity index (χ3n) is 8.08. The van der Waals surface area contributed by atoms with Crippen molar-refractivity contribution in [1.82, 2.24) is 9.88 Å². The van der Waals surface area contributed by atoms with Crippen LogP contribution in [0.2, 0.25) is 0 Å². The first-order chi connectivity index (χ1) is 23.9. The molecule has 0 aliphatic rings. The van der Waals surface area contributed by atoms with Crippen molar-refractivity contribution >= 4 is 63.1 Å². The van der Waals surface area contributed by atoms with Crippen molar-refractivity contribution in [2.45, 2.75) is 23.5 Å². The molecule has 8 nitrogen and oxygen atoms in total. The largest absolute Gasteiger partial charge is 0.493 e. The molecule has 2 amide bonds. The Hall–Kier alpha value is -5.80. The van der Waals surface area contributed by atoms with E-state index >= 15 is 0 Å². The Labute approximate surface area is 288 Å². The van der Waals surface area contributed by atoms with Gasteiger partial charge in [-0.3, -0.25) is 19.0 Å². The lowest BCUT2D eigenvalue weighted by Gasteiger charge is -2.17. The highest BCUT2D eigenvalue weighted by molar-refractivity contribution is 8.00. The van der Waals surface area contributed by atoms with E-state index in [1.165, 1.54) is 26.0 Å². The number of nitrogens with zero attached hydrogens (tertiary/aromatic N) is 1. The normalized spacial score (nSPS) is 12.0. The molecule has 1 aromatic heterocycles. The van der Waals surface area contributed by atoms with Crippen LogP contribution in [0.1, 0.15) is 34.1 Å². The van der Waals surface area contributed by atoms with E-state index < -0.39 is 11.8 Å². The van der Waals surface area contributed by atoms with E-state index in [0.29, 0.717) is 34.7 Å². The summed E-state index contributed by atoms with van der Waals surface area (Å²) in [4.78, 5) is 41.9. The Morgan fingerprint density at radius 1 is 0.776 bits per heavy atom. The van der Waals surface area contributed by atoms with Crippen LogP contribution in [0.3, 0.4) is 0 Å². The Balaban J connectivity index is 1.27. The first kappa shape index (κ1) is 33.1. The van der Waals surface area contributed by atoms with E-state index in [0.717, 1.165) is 26.7 Å². The second-order valence-corrected chi connectivity index (χ2v) is 12.4. The molecule has 246 valence electrons. The number of fused-ring (bicyclic) bond motifs is 3. The van der Waals surface area contributed by atoms with Crippen LogP contribution in [0, 0.1) is 0 Å². The minimum absolute atomic E-state index is 0.00596. The van der Waals surface area contributed by atoms with Gasteiger partial charge in [-0.05, 0) is 61.0 Å². The van der Waals surface area contributed by atoms with Crippen molar-refractivity contribution in [3.8, 4) is 11.5 Å². The molecule has 2 N–H and O–H groups in total. The molecule has 0 bridgehead atoms. The third kappa shape index (κ3) is 7.07. The number of para-hydroxylation sites is 3. The number of aromatic nitrogens is 1. The van der Waals surface area contributed by atoms with Crippen molar-refractivity contribution in [3.63, 3.8) is 0 Å². The third-order valence-corrected chi connectivity index (χ3v) is 9.42. The maximum Gasteiger partial charge on any atom is 0.272 e. The summed E-state index contributed by atoms with van der Waals surface area (Å²) in [6, 6.07) is 37.2. The number of ether oxygens (including phenoxy) is 2. The monoisotopic (exact) mass is 669 g/mol. The maximum atomic E-state index is 14.1. The number of anilines is 1. The molecule has 6 rings (SSSR count). The van der Waals surface area contributed by atoms with Gasteiger partial charge in [0.1, 0.15) is 5.70 Å². The van der Waals surface area contributed by atoms with Crippen molar-refractivity contribution in [1.29, 1.82) is 0 Å². The Bertz CT molecular complexity index is 2140. The maximum absolute atomic E-state index is 14.1. The van der Waals surface area contributed by atoms with Gasteiger partial charge in [-0.25, -0.2) is 0 Å². The minimum Gasteiger partial charge on any atom is -0.493 e. The first-order valence-corrected chi connectivity index (χ1v) is 16.7. The molecule has 49 heavy (non-hydrogen) atoms. The fourth-order valence-electron chi connectivity index (χ4n) is 5.75. The van der Waals surface area contributed by atoms with Gasteiger partial charge in [0, 0.05) is 32.5 Å². The summed E-state index contributed by atoms with van der Waals surface area (Å²) >= 11 is 1.44. The smallest absolute Gasteiger partial charge is 0.272 e. The van der Waals surface area contributed by atoms with Gasteiger partial charge in [0.15, 0.2) is 11.5 Å². The molecule has 1 atom stereocenters. The molecule has 9 heteroatoms. The van der Waals surface area contributed by atoms with E-state index in [9.17, 15) is 14.4 Å². The Morgan fingerprint density at radius 3 is 2.08 bits per heavy atom. The van der Waals surface area contributed by atoms with Gasteiger partial charge in [-0.1, -0.05) is 79.7 Å². The molecule has 0 spiro atoms. The van der Waals surface area contributed by atoms with Crippen LogP contribution in [0.25, 0.3) is 27.9 Å². The predicted molar refractivity (Wildman–Crippen MR) is 197 cm³/mol. The van der Waals surface area contributed by atoms with E-state index in [1.54, 1.807) is 54.6 Å². The summed E-state index contributed by atoms with van der Waals surface area (Å²) in [5, 5.41) is 7.38. The highest BCUT2D eigenvalue weighted by Crippen LogP contribution is 2.34. The van der Waals surface area contributed by atoms with Gasteiger partial charge in [-0.2, -0.15) is 0 Å². The number of carbonyl (C=O) groups excluding carboxylic acids is 3. The SMILES string of the molecule is CCC(Sc1cccc(NC(=O)/C(=C\c2cccc(OC)c2OC)NC(=O)c2ccccc2)c1)C(=O)n1c2ccccc2c2ccccc21. The molecule has 0 fully saturated rings. The summed E-state index contributed by atoms with van der Waals surface area (Å²) in [5.74, 6) is -0.0927. The average molecular weight is 670 g/mol. The molecular weight excluding hydrogens is 635 g/mol. The van der Waals surface area contributed by atoms with Crippen molar-refractivity contribution in [3.05, 3.63) is 138 Å². The van der Waals surface area contributed by atoms with Crippen LogP contribution in [0.5, 0.6) is 11.5 Å². The molecule has 1 heterocycles. The second-order valence-electron chi connectivity index (χ2n) is 11.2. The lowest BCUT2D eigenvalue weighted by molar-refractivity contribution is -0.113. The molecular formula is C40H35N3O5S. The lowest BCUT2D eigenvalue weighted by atomic mass is 10.1. The molecule has 0 aliphatic heterocycles. The van der Waals surface area contributed by atoms with Crippen LogP contribution in [-0.2, 0) is 4.79 Å². The number of methoxy groups -OCH3 is 2. The van der Waals surface area contributed by atoms with Gasteiger partial charge in [-0.15, -0.1) is 11.8 Å². The highest BCUT2D eigenvalue weighted by atomic mass is 32.2. The van der Waals surface area contributed by atoms with E-state index in [-0.39, 0.29) is 16.9 Å². The quantitative estimate of drug-likeness (QED) is 0.106. The van der Waals surface area contributed by atoms with Gasteiger partial charge >= 0.3 is 0 Å².